The molecule has 6 heteroatoms. The van der Waals surface area contributed by atoms with Crippen molar-refractivity contribution >= 4 is 17.7 Å². The summed E-state index contributed by atoms with van der Waals surface area (Å²) < 4.78 is 11.0. The number of aryl methyl sites for hydroxylation is 1. The molecule has 1 fully saturated rings. The maximum Gasteiger partial charge on any atom is 0.220 e. The maximum atomic E-state index is 12.2. The summed E-state index contributed by atoms with van der Waals surface area (Å²) in [6, 6.07) is 7.78. The van der Waals surface area contributed by atoms with Crippen LogP contribution in [0.15, 0.2) is 24.3 Å². The number of carbonyl (C=O) groups excluding carboxylic acids is 1. The average Bonchev–Trinajstić information content (AvgIpc) is 2.64. The van der Waals surface area contributed by atoms with Gasteiger partial charge in [0.25, 0.3) is 0 Å². The van der Waals surface area contributed by atoms with Crippen LogP contribution in [0.4, 0.5) is 0 Å². The topological polar surface area (TPSA) is 67.8 Å². The van der Waals surface area contributed by atoms with E-state index in [9.17, 15) is 4.79 Å². The van der Waals surface area contributed by atoms with Crippen molar-refractivity contribution in [2.75, 3.05) is 38.4 Å². The highest BCUT2D eigenvalue weighted by atomic mass is 32.2. The van der Waals surface area contributed by atoms with Gasteiger partial charge in [0.2, 0.25) is 5.91 Å². The van der Waals surface area contributed by atoms with Crippen molar-refractivity contribution in [3.63, 3.8) is 0 Å². The molecule has 1 aliphatic rings. The zero-order chi connectivity index (χ0) is 17.3. The number of hydrogen-bond donors (Lipinski definition) is 2. The first-order chi connectivity index (χ1) is 11.7. The number of carbonyl (C=O) groups is 1. The molecule has 2 rings (SSSR count). The van der Waals surface area contributed by atoms with Crippen LogP contribution in [0, 0.1) is 0 Å². The van der Waals surface area contributed by atoms with E-state index < -0.39 is 0 Å². The number of ether oxygens (including phenoxy) is 2. The van der Waals surface area contributed by atoms with Gasteiger partial charge in [0, 0.05) is 13.0 Å². The summed E-state index contributed by atoms with van der Waals surface area (Å²) in [5.74, 6) is 2.93. The summed E-state index contributed by atoms with van der Waals surface area (Å²) in [7, 11) is 1.64. The third kappa shape index (κ3) is 6.00. The van der Waals surface area contributed by atoms with Gasteiger partial charge in [0.1, 0.15) is 5.75 Å². The second-order valence-electron chi connectivity index (χ2n) is 5.99. The number of aliphatic hydroxyl groups is 1. The summed E-state index contributed by atoms with van der Waals surface area (Å²) in [6.07, 6.45) is 2.99. The van der Waals surface area contributed by atoms with Gasteiger partial charge in [-0.2, -0.15) is 11.8 Å². The van der Waals surface area contributed by atoms with Crippen molar-refractivity contribution in [3.8, 4) is 5.75 Å². The van der Waals surface area contributed by atoms with Crippen molar-refractivity contribution in [2.45, 2.75) is 31.3 Å². The van der Waals surface area contributed by atoms with E-state index in [1.165, 1.54) is 0 Å². The monoisotopic (exact) mass is 353 g/mol. The number of aliphatic hydroxyl groups excluding tert-OH is 1. The number of thioether (sulfide) groups is 1. The van der Waals surface area contributed by atoms with Crippen LogP contribution in [-0.2, 0) is 16.0 Å². The molecule has 1 heterocycles. The minimum atomic E-state index is -0.316. The Kier molecular flexibility index (Phi) is 7.88. The first-order valence-electron chi connectivity index (χ1n) is 8.40. The van der Waals surface area contributed by atoms with Gasteiger partial charge >= 0.3 is 0 Å². The molecule has 24 heavy (non-hydrogen) atoms. The lowest BCUT2D eigenvalue weighted by Gasteiger charge is -2.37. The van der Waals surface area contributed by atoms with E-state index in [0.29, 0.717) is 26.0 Å². The van der Waals surface area contributed by atoms with Gasteiger partial charge in [-0.3, -0.25) is 4.79 Å². The van der Waals surface area contributed by atoms with Crippen LogP contribution in [0.1, 0.15) is 24.8 Å². The molecular formula is C18H27NO4S. The molecule has 0 aliphatic carbocycles. The van der Waals surface area contributed by atoms with Crippen molar-refractivity contribution in [2.24, 2.45) is 0 Å². The summed E-state index contributed by atoms with van der Waals surface area (Å²) in [5, 5.41) is 12.0. The number of methoxy groups -OCH3 is 1. The minimum absolute atomic E-state index is 0.0142. The molecule has 0 spiro atoms. The SMILES string of the molecule is COc1ccc(CCC(=O)NCC2(OCCO)CCSCC2)cc1. The number of nitrogens with one attached hydrogen (secondary N) is 1. The van der Waals surface area contributed by atoms with Crippen molar-refractivity contribution < 1.29 is 19.4 Å². The Morgan fingerprint density at radius 2 is 2.00 bits per heavy atom. The summed E-state index contributed by atoms with van der Waals surface area (Å²) in [4.78, 5) is 12.2. The van der Waals surface area contributed by atoms with Gasteiger partial charge < -0.3 is 19.9 Å². The molecule has 0 aromatic heterocycles. The summed E-state index contributed by atoms with van der Waals surface area (Å²) >= 11 is 1.91. The number of rotatable bonds is 9. The van der Waals surface area contributed by atoms with Gasteiger partial charge in [-0.25, -0.2) is 0 Å². The second-order valence-corrected chi connectivity index (χ2v) is 7.22. The van der Waals surface area contributed by atoms with Gasteiger partial charge in [-0.1, -0.05) is 12.1 Å². The molecule has 5 nitrogen and oxygen atoms in total. The minimum Gasteiger partial charge on any atom is -0.497 e. The smallest absolute Gasteiger partial charge is 0.220 e. The zero-order valence-corrected chi connectivity index (χ0v) is 15.1. The molecule has 0 saturated carbocycles. The van der Waals surface area contributed by atoms with Gasteiger partial charge in [0.05, 0.1) is 25.9 Å². The molecule has 1 aliphatic heterocycles. The quantitative estimate of drug-likeness (QED) is 0.711. The summed E-state index contributed by atoms with van der Waals surface area (Å²) in [5.41, 5.74) is 0.801. The van der Waals surface area contributed by atoms with Crippen LogP contribution >= 0.6 is 11.8 Å². The van der Waals surface area contributed by atoms with E-state index in [0.717, 1.165) is 35.7 Å². The Bertz CT molecular complexity index is 500. The molecule has 1 aromatic carbocycles. The van der Waals surface area contributed by atoms with Crippen LogP contribution in [-0.4, -0.2) is 55.0 Å². The highest BCUT2D eigenvalue weighted by Gasteiger charge is 2.33. The van der Waals surface area contributed by atoms with E-state index >= 15 is 0 Å². The van der Waals surface area contributed by atoms with Gasteiger partial charge in [-0.15, -0.1) is 0 Å². The Hall–Kier alpha value is -1.24. The Balaban J connectivity index is 1.77. The van der Waals surface area contributed by atoms with E-state index in [2.05, 4.69) is 5.32 Å². The van der Waals surface area contributed by atoms with Crippen molar-refractivity contribution in [1.82, 2.24) is 5.32 Å². The lowest BCUT2D eigenvalue weighted by molar-refractivity contribution is -0.123. The molecule has 134 valence electrons. The molecule has 0 radical (unpaired) electrons. The average molecular weight is 353 g/mol. The molecule has 2 N–H and O–H groups in total. The van der Waals surface area contributed by atoms with Crippen molar-refractivity contribution in [3.05, 3.63) is 29.8 Å². The van der Waals surface area contributed by atoms with Crippen LogP contribution in [0.3, 0.4) is 0 Å². The fourth-order valence-corrected chi connectivity index (χ4v) is 4.01. The molecule has 0 atom stereocenters. The first-order valence-corrected chi connectivity index (χ1v) is 9.55. The van der Waals surface area contributed by atoms with Crippen LogP contribution in [0.5, 0.6) is 5.75 Å². The van der Waals surface area contributed by atoms with E-state index in [1.54, 1.807) is 7.11 Å². The molecule has 1 aromatic rings. The van der Waals surface area contributed by atoms with Gasteiger partial charge in [-0.05, 0) is 48.5 Å². The third-order valence-electron chi connectivity index (χ3n) is 4.31. The molecular weight excluding hydrogens is 326 g/mol. The normalized spacial score (nSPS) is 16.6. The van der Waals surface area contributed by atoms with Gasteiger partial charge in [0.15, 0.2) is 0 Å². The molecule has 0 unspecified atom stereocenters. The number of benzene rings is 1. The number of amides is 1. The third-order valence-corrected chi connectivity index (χ3v) is 5.30. The fraction of sp³-hybridized carbons (Fsp3) is 0.611. The predicted molar refractivity (Wildman–Crippen MR) is 96.7 cm³/mol. The number of hydrogen-bond acceptors (Lipinski definition) is 5. The zero-order valence-electron chi connectivity index (χ0n) is 14.3. The molecule has 1 amide bonds. The fourth-order valence-electron chi connectivity index (χ4n) is 2.78. The second kappa shape index (κ2) is 9.91. The first kappa shape index (κ1) is 19.1. The highest BCUT2D eigenvalue weighted by Crippen LogP contribution is 2.30. The molecule has 0 bridgehead atoms. The Labute approximate surface area is 148 Å². The molecule has 1 saturated heterocycles. The maximum absolute atomic E-state index is 12.2. The summed E-state index contributed by atoms with van der Waals surface area (Å²) in [6.45, 7) is 0.863. The van der Waals surface area contributed by atoms with E-state index in [1.807, 2.05) is 36.0 Å². The standard InChI is InChI=1S/C18H27NO4S/c1-22-16-5-2-15(3-6-16)4-7-17(21)19-14-18(23-11-10-20)8-12-24-13-9-18/h2-3,5-6,20H,4,7-14H2,1H3,(H,19,21). The largest absolute Gasteiger partial charge is 0.497 e. The highest BCUT2D eigenvalue weighted by molar-refractivity contribution is 7.99. The predicted octanol–water partition coefficient (Wildman–Crippen LogP) is 2.02. The Morgan fingerprint density at radius 3 is 2.62 bits per heavy atom. The van der Waals surface area contributed by atoms with E-state index in [-0.39, 0.29) is 18.1 Å². The van der Waals surface area contributed by atoms with E-state index in [4.69, 9.17) is 14.6 Å². The van der Waals surface area contributed by atoms with Crippen LogP contribution in [0.25, 0.3) is 0 Å². The van der Waals surface area contributed by atoms with Crippen LogP contribution < -0.4 is 10.1 Å². The van der Waals surface area contributed by atoms with Crippen molar-refractivity contribution in [1.29, 1.82) is 0 Å². The Morgan fingerprint density at radius 1 is 1.29 bits per heavy atom. The van der Waals surface area contributed by atoms with Crippen LogP contribution in [0.2, 0.25) is 0 Å². The lowest BCUT2D eigenvalue weighted by atomic mass is 9.96. The lowest BCUT2D eigenvalue weighted by Crippen LogP contribution is -2.48.